The molecule has 1 fully saturated rings. The van der Waals surface area contributed by atoms with Gasteiger partial charge in [0.05, 0.1) is 25.8 Å². The minimum Gasteiger partial charge on any atom is -0.497 e. The highest BCUT2D eigenvalue weighted by Gasteiger charge is 2.24. The molecule has 1 saturated heterocycles. The Morgan fingerprint density at radius 3 is 2.69 bits per heavy atom. The summed E-state index contributed by atoms with van der Waals surface area (Å²) in [6.07, 6.45) is 1.80. The number of para-hydroxylation sites is 1. The van der Waals surface area contributed by atoms with Gasteiger partial charge in [0.2, 0.25) is 0 Å². The first-order chi connectivity index (χ1) is 15.7. The monoisotopic (exact) mass is 438 g/mol. The van der Waals surface area contributed by atoms with E-state index in [2.05, 4.69) is 22.3 Å². The lowest BCUT2D eigenvalue weighted by Crippen LogP contribution is -2.38. The predicted octanol–water partition coefficient (Wildman–Crippen LogP) is 3.86. The number of methoxy groups -OCH3 is 2. The number of furan rings is 1. The van der Waals surface area contributed by atoms with Gasteiger partial charge in [-0.3, -0.25) is 9.69 Å². The number of fused-ring (bicyclic) bond motifs is 1. The molecular weight excluding hydrogens is 408 g/mol. The molecule has 0 saturated carbocycles. The molecule has 0 aliphatic carbocycles. The minimum atomic E-state index is -0.179. The fourth-order valence-corrected chi connectivity index (χ4v) is 3.98. The Bertz CT molecular complexity index is 1010. The van der Waals surface area contributed by atoms with Crippen LogP contribution in [0.2, 0.25) is 0 Å². The van der Waals surface area contributed by atoms with Crippen molar-refractivity contribution in [3.8, 4) is 11.5 Å². The van der Waals surface area contributed by atoms with Gasteiger partial charge in [0, 0.05) is 38.2 Å². The number of rotatable bonds is 9. The summed E-state index contributed by atoms with van der Waals surface area (Å²) in [6.45, 7) is 3.50. The summed E-state index contributed by atoms with van der Waals surface area (Å²) in [6, 6.07) is 15.5. The Kier molecular flexibility index (Phi) is 7.29. The highest BCUT2D eigenvalue weighted by molar-refractivity contribution is 5.97. The van der Waals surface area contributed by atoms with Crippen LogP contribution in [0.5, 0.6) is 11.5 Å². The quantitative estimate of drug-likeness (QED) is 0.512. The van der Waals surface area contributed by atoms with Gasteiger partial charge in [0.15, 0.2) is 0 Å². The van der Waals surface area contributed by atoms with E-state index in [1.54, 1.807) is 32.4 Å². The summed E-state index contributed by atoms with van der Waals surface area (Å²) in [5, 5.41) is 3.99. The van der Waals surface area contributed by atoms with Gasteiger partial charge in [-0.25, -0.2) is 0 Å². The van der Waals surface area contributed by atoms with Crippen LogP contribution in [-0.4, -0.2) is 57.4 Å². The van der Waals surface area contributed by atoms with Crippen LogP contribution in [-0.2, 0) is 11.3 Å². The van der Waals surface area contributed by atoms with Gasteiger partial charge in [-0.2, -0.15) is 0 Å². The van der Waals surface area contributed by atoms with Gasteiger partial charge in [0.25, 0.3) is 5.91 Å². The van der Waals surface area contributed by atoms with Gasteiger partial charge in [-0.1, -0.05) is 18.2 Å². The van der Waals surface area contributed by atoms with E-state index < -0.39 is 0 Å². The summed E-state index contributed by atoms with van der Waals surface area (Å²) in [5.41, 5.74) is 1.43. The molecule has 0 bridgehead atoms. The van der Waals surface area contributed by atoms with E-state index >= 15 is 0 Å². The fraction of sp³-hybridized carbons (Fsp3) is 0.400. The maximum absolute atomic E-state index is 12.6. The first-order valence-electron chi connectivity index (χ1n) is 11.0. The molecule has 1 aliphatic rings. The van der Waals surface area contributed by atoms with Crippen molar-refractivity contribution < 1.29 is 23.4 Å². The number of piperidine rings is 1. The number of ether oxygens (including phenoxy) is 3. The lowest BCUT2D eigenvalue weighted by molar-refractivity contribution is 0.0866. The average molecular weight is 439 g/mol. The summed E-state index contributed by atoms with van der Waals surface area (Å²) < 4.78 is 22.6. The SMILES string of the molecule is COCCNC(=O)c1ccc(OC)cc1OC1CCN(Cc2cc3ccccc3o2)CC1. The first kappa shape index (κ1) is 22.2. The van der Waals surface area contributed by atoms with Crippen molar-refractivity contribution in [1.82, 2.24) is 10.2 Å². The third-order valence-corrected chi connectivity index (χ3v) is 5.71. The molecule has 2 aromatic carbocycles. The van der Waals surface area contributed by atoms with Crippen molar-refractivity contribution in [3.63, 3.8) is 0 Å². The number of carbonyl (C=O) groups excluding carboxylic acids is 1. The van der Waals surface area contributed by atoms with E-state index in [1.165, 1.54) is 0 Å². The molecule has 0 atom stereocenters. The van der Waals surface area contributed by atoms with Gasteiger partial charge in [0.1, 0.15) is 28.9 Å². The van der Waals surface area contributed by atoms with Crippen molar-refractivity contribution >= 4 is 16.9 Å². The second-order valence-corrected chi connectivity index (χ2v) is 7.95. The zero-order valence-electron chi connectivity index (χ0n) is 18.6. The molecule has 0 unspecified atom stereocenters. The van der Waals surface area contributed by atoms with Crippen LogP contribution < -0.4 is 14.8 Å². The van der Waals surface area contributed by atoms with Crippen molar-refractivity contribution in [1.29, 1.82) is 0 Å². The molecule has 3 aromatic rings. The maximum atomic E-state index is 12.6. The van der Waals surface area contributed by atoms with Crippen molar-refractivity contribution in [2.45, 2.75) is 25.5 Å². The smallest absolute Gasteiger partial charge is 0.255 e. The second-order valence-electron chi connectivity index (χ2n) is 7.95. The molecule has 170 valence electrons. The molecule has 0 radical (unpaired) electrons. The van der Waals surface area contributed by atoms with Crippen LogP contribution in [0.25, 0.3) is 11.0 Å². The van der Waals surface area contributed by atoms with Gasteiger partial charge >= 0.3 is 0 Å². The highest BCUT2D eigenvalue weighted by Crippen LogP contribution is 2.28. The second kappa shape index (κ2) is 10.5. The molecule has 4 rings (SSSR count). The number of carbonyl (C=O) groups is 1. The molecule has 1 N–H and O–H groups in total. The van der Waals surface area contributed by atoms with E-state index in [1.807, 2.05) is 18.2 Å². The largest absolute Gasteiger partial charge is 0.497 e. The molecule has 0 spiro atoms. The lowest BCUT2D eigenvalue weighted by Gasteiger charge is -2.32. The fourth-order valence-electron chi connectivity index (χ4n) is 3.98. The van der Waals surface area contributed by atoms with E-state index in [4.69, 9.17) is 18.6 Å². The zero-order valence-corrected chi connectivity index (χ0v) is 18.6. The van der Waals surface area contributed by atoms with E-state index in [0.29, 0.717) is 30.2 Å². The Balaban J connectivity index is 1.36. The minimum absolute atomic E-state index is 0.0413. The van der Waals surface area contributed by atoms with Crippen LogP contribution >= 0.6 is 0 Å². The van der Waals surface area contributed by atoms with Crippen molar-refractivity contribution in [3.05, 3.63) is 59.9 Å². The summed E-state index contributed by atoms with van der Waals surface area (Å²) >= 11 is 0. The number of hydrogen-bond acceptors (Lipinski definition) is 6. The first-order valence-corrected chi connectivity index (χ1v) is 11.0. The number of likely N-dealkylation sites (tertiary alicyclic amines) is 1. The molecule has 1 aromatic heterocycles. The van der Waals surface area contributed by atoms with Crippen LogP contribution in [0.1, 0.15) is 29.0 Å². The molecule has 32 heavy (non-hydrogen) atoms. The number of benzene rings is 2. The number of nitrogens with zero attached hydrogens (tertiary/aromatic N) is 1. The third-order valence-electron chi connectivity index (χ3n) is 5.71. The Morgan fingerprint density at radius 1 is 1.12 bits per heavy atom. The summed E-state index contributed by atoms with van der Waals surface area (Å²) in [4.78, 5) is 15.0. The van der Waals surface area contributed by atoms with Gasteiger partial charge in [-0.05, 0) is 37.1 Å². The zero-order chi connectivity index (χ0) is 22.3. The molecule has 1 amide bonds. The third kappa shape index (κ3) is 5.41. The van der Waals surface area contributed by atoms with E-state index in [9.17, 15) is 4.79 Å². The van der Waals surface area contributed by atoms with Crippen LogP contribution in [0.15, 0.2) is 52.9 Å². The Morgan fingerprint density at radius 2 is 1.94 bits per heavy atom. The Hall–Kier alpha value is -3.03. The molecule has 1 aliphatic heterocycles. The number of nitrogens with one attached hydrogen (secondary N) is 1. The van der Waals surface area contributed by atoms with E-state index in [0.717, 1.165) is 49.2 Å². The highest BCUT2D eigenvalue weighted by atomic mass is 16.5. The standard InChI is InChI=1S/C25H30N2O5/c1-29-14-11-26-25(28)22-8-7-20(30-2)16-24(22)31-19-9-12-27(13-10-19)17-21-15-18-5-3-4-6-23(18)32-21/h3-8,15-16,19H,9-14,17H2,1-2H3,(H,26,28). The van der Waals surface area contributed by atoms with Gasteiger partial charge in [-0.15, -0.1) is 0 Å². The van der Waals surface area contributed by atoms with Crippen molar-refractivity contribution in [2.75, 3.05) is 40.5 Å². The molecule has 2 heterocycles. The van der Waals surface area contributed by atoms with Crippen LogP contribution in [0.3, 0.4) is 0 Å². The van der Waals surface area contributed by atoms with Crippen LogP contribution in [0.4, 0.5) is 0 Å². The molecular formula is C25H30N2O5. The van der Waals surface area contributed by atoms with Crippen LogP contribution in [0, 0.1) is 0 Å². The maximum Gasteiger partial charge on any atom is 0.255 e. The topological polar surface area (TPSA) is 73.2 Å². The predicted molar refractivity (Wildman–Crippen MR) is 122 cm³/mol. The summed E-state index contributed by atoms with van der Waals surface area (Å²) in [5.74, 6) is 2.01. The summed E-state index contributed by atoms with van der Waals surface area (Å²) in [7, 11) is 3.21. The average Bonchev–Trinajstić information content (AvgIpc) is 3.22. The normalized spacial score (nSPS) is 15.1. The number of amides is 1. The van der Waals surface area contributed by atoms with E-state index in [-0.39, 0.29) is 12.0 Å². The molecule has 7 nitrogen and oxygen atoms in total. The molecule has 7 heteroatoms. The number of hydrogen-bond donors (Lipinski definition) is 1. The van der Waals surface area contributed by atoms with Gasteiger partial charge < -0.3 is 23.9 Å². The lowest BCUT2D eigenvalue weighted by atomic mass is 10.1. The van der Waals surface area contributed by atoms with Crippen molar-refractivity contribution in [2.24, 2.45) is 0 Å². The Labute approximate surface area is 188 Å².